The van der Waals surface area contributed by atoms with Gasteiger partial charge in [0.1, 0.15) is 17.3 Å². The molecule has 0 radical (unpaired) electrons. The molecule has 0 spiro atoms. The van der Waals surface area contributed by atoms with Crippen LogP contribution in [0.15, 0.2) is 36.4 Å². The van der Waals surface area contributed by atoms with Gasteiger partial charge in [0.25, 0.3) is 0 Å². The van der Waals surface area contributed by atoms with Crippen LogP contribution in [-0.2, 0) is 0 Å². The van der Waals surface area contributed by atoms with E-state index in [0.717, 1.165) is 0 Å². The Balaban J connectivity index is 2.31. The number of anilines is 1. The van der Waals surface area contributed by atoms with Gasteiger partial charge in [0.05, 0.1) is 5.69 Å². The monoisotopic (exact) mass is 251 g/mol. The number of hydrogen-bond donors (Lipinski definition) is 1. The van der Waals surface area contributed by atoms with E-state index >= 15 is 0 Å². The van der Waals surface area contributed by atoms with Crippen LogP contribution in [0.25, 0.3) is 0 Å². The van der Waals surface area contributed by atoms with Crippen molar-refractivity contribution in [2.75, 3.05) is 5.73 Å². The summed E-state index contributed by atoms with van der Waals surface area (Å²) in [5, 5.41) is 0.547. The van der Waals surface area contributed by atoms with E-state index in [2.05, 4.69) is 0 Å². The maximum Gasteiger partial charge on any atom is 0.150 e. The standard InChI is InChI=1S/C13H11ClFNO/c1-8-6-10(15)3-5-12(8)17-13-4-2-9(14)7-11(13)16/h2-7H,16H2,1H3. The van der Waals surface area contributed by atoms with Crippen molar-refractivity contribution in [1.29, 1.82) is 0 Å². The first-order chi connectivity index (χ1) is 8.06. The van der Waals surface area contributed by atoms with Crippen LogP contribution >= 0.6 is 11.6 Å². The van der Waals surface area contributed by atoms with Crippen molar-refractivity contribution in [3.8, 4) is 11.5 Å². The summed E-state index contributed by atoms with van der Waals surface area (Å²) in [7, 11) is 0. The predicted octanol–water partition coefficient (Wildman–Crippen LogP) is 4.16. The Kier molecular flexibility index (Phi) is 3.20. The van der Waals surface area contributed by atoms with Gasteiger partial charge in [-0.2, -0.15) is 0 Å². The molecule has 0 heterocycles. The maximum absolute atomic E-state index is 12.9. The minimum absolute atomic E-state index is 0.293. The van der Waals surface area contributed by atoms with Gasteiger partial charge in [0.2, 0.25) is 0 Å². The Morgan fingerprint density at radius 2 is 1.82 bits per heavy atom. The SMILES string of the molecule is Cc1cc(F)ccc1Oc1ccc(Cl)cc1N. The normalized spacial score (nSPS) is 10.3. The molecule has 88 valence electrons. The molecule has 0 fully saturated rings. The lowest BCUT2D eigenvalue weighted by Gasteiger charge is -2.10. The van der Waals surface area contributed by atoms with Crippen LogP contribution in [0.5, 0.6) is 11.5 Å². The highest BCUT2D eigenvalue weighted by atomic mass is 35.5. The Morgan fingerprint density at radius 3 is 2.47 bits per heavy atom. The fraction of sp³-hybridized carbons (Fsp3) is 0.0769. The first-order valence-electron chi connectivity index (χ1n) is 5.05. The molecule has 0 saturated heterocycles. The summed E-state index contributed by atoms with van der Waals surface area (Å²) >= 11 is 5.79. The third kappa shape index (κ3) is 2.68. The minimum Gasteiger partial charge on any atom is -0.455 e. The number of halogens is 2. The van der Waals surface area contributed by atoms with Crippen LogP contribution in [0.4, 0.5) is 10.1 Å². The van der Waals surface area contributed by atoms with Crippen LogP contribution in [0.2, 0.25) is 5.02 Å². The van der Waals surface area contributed by atoms with Gasteiger partial charge in [-0.15, -0.1) is 0 Å². The second kappa shape index (κ2) is 4.63. The van der Waals surface area contributed by atoms with Crippen LogP contribution in [0.1, 0.15) is 5.56 Å². The van der Waals surface area contributed by atoms with Crippen molar-refractivity contribution in [2.24, 2.45) is 0 Å². The van der Waals surface area contributed by atoms with Gasteiger partial charge in [-0.3, -0.25) is 0 Å². The highest BCUT2D eigenvalue weighted by Gasteiger charge is 2.06. The summed E-state index contributed by atoms with van der Waals surface area (Å²) in [6.45, 7) is 1.77. The zero-order valence-electron chi connectivity index (χ0n) is 9.21. The number of rotatable bonds is 2. The smallest absolute Gasteiger partial charge is 0.150 e. The zero-order chi connectivity index (χ0) is 12.4. The van der Waals surface area contributed by atoms with Crippen molar-refractivity contribution < 1.29 is 9.13 Å². The third-order valence-electron chi connectivity index (χ3n) is 2.33. The molecule has 0 bridgehead atoms. The second-order valence-corrected chi connectivity index (χ2v) is 4.13. The number of ether oxygens (including phenoxy) is 1. The summed E-state index contributed by atoms with van der Waals surface area (Å²) in [5.74, 6) is 0.781. The van der Waals surface area contributed by atoms with Crippen molar-refractivity contribution in [2.45, 2.75) is 6.92 Å². The van der Waals surface area contributed by atoms with E-state index in [-0.39, 0.29) is 5.82 Å². The van der Waals surface area contributed by atoms with Gasteiger partial charge in [-0.05, 0) is 48.9 Å². The van der Waals surface area contributed by atoms with E-state index in [1.165, 1.54) is 12.1 Å². The van der Waals surface area contributed by atoms with E-state index in [9.17, 15) is 4.39 Å². The van der Waals surface area contributed by atoms with Crippen LogP contribution in [-0.4, -0.2) is 0 Å². The van der Waals surface area contributed by atoms with Gasteiger partial charge in [0, 0.05) is 5.02 Å². The number of aryl methyl sites for hydroxylation is 1. The maximum atomic E-state index is 12.9. The lowest BCUT2D eigenvalue weighted by atomic mass is 10.2. The summed E-state index contributed by atoms with van der Waals surface area (Å²) < 4.78 is 18.5. The predicted molar refractivity (Wildman–Crippen MR) is 67.1 cm³/mol. The molecule has 0 aliphatic heterocycles. The van der Waals surface area contributed by atoms with E-state index < -0.39 is 0 Å². The molecule has 0 saturated carbocycles. The topological polar surface area (TPSA) is 35.2 Å². The average Bonchev–Trinajstić information content (AvgIpc) is 2.25. The highest BCUT2D eigenvalue weighted by Crippen LogP contribution is 2.31. The van der Waals surface area contributed by atoms with E-state index in [1.54, 1.807) is 31.2 Å². The van der Waals surface area contributed by atoms with E-state index in [1.807, 2.05) is 0 Å². The van der Waals surface area contributed by atoms with Gasteiger partial charge in [-0.1, -0.05) is 11.6 Å². The molecule has 2 nitrogen and oxygen atoms in total. The average molecular weight is 252 g/mol. The molecule has 2 N–H and O–H groups in total. The fourth-order valence-electron chi connectivity index (χ4n) is 1.46. The minimum atomic E-state index is -0.293. The van der Waals surface area contributed by atoms with Crippen LogP contribution in [0.3, 0.4) is 0 Å². The van der Waals surface area contributed by atoms with Crippen molar-refractivity contribution in [3.05, 3.63) is 52.8 Å². The molecule has 0 aromatic heterocycles. The number of hydrogen-bond acceptors (Lipinski definition) is 2. The molecule has 2 rings (SSSR count). The molecule has 2 aromatic rings. The highest BCUT2D eigenvalue weighted by molar-refractivity contribution is 6.30. The molecule has 0 atom stereocenters. The number of nitrogens with two attached hydrogens (primary N) is 1. The summed E-state index contributed by atoms with van der Waals surface area (Å²) in [5.41, 5.74) is 6.92. The number of nitrogen functional groups attached to an aromatic ring is 1. The zero-order valence-corrected chi connectivity index (χ0v) is 9.96. The van der Waals surface area contributed by atoms with Crippen molar-refractivity contribution >= 4 is 17.3 Å². The molecule has 0 aliphatic carbocycles. The Bertz CT molecular complexity index is 508. The largest absolute Gasteiger partial charge is 0.455 e. The van der Waals surface area contributed by atoms with Crippen molar-refractivity contribution in [1.82, 2.24) is 0 Å². The Morgan fingerprint density at radius 1 is 1.12 bits per heavy atom. The van der Waals surface area contributed by atoms with E-state index in [0.29, 0.717) is 27.8 Å². The molecular formula is C13H11ClFNO. The fourth-order valence-corrected chi connectivity index (χ4v) is 1.64. The Hall–Kier alpha value is -1.74. The number of benzene rings is 2. The van der Waals surface area contributed by atoms with Gasteiger partial charge in [0.15, 0.2) is 0 Å². The van der Waals surface area contributed by atoms with Gasteiger partial charge >= 0.3 is 0 Å². The molecule has 2 aromatic carbocycles. The first-order valence-corrected chi connectivity index (χ1v) is 5.43. The van der Waals surface area contributed by atoms with E-state index in [4.69, 9.17) is 22.1 Å². The summed E-state index contributed by atoms with van der Waals surface area (Å²) in [6, 6.07) is 9.29. The third-order valence-corrected chi connectivity index (χ3v) is 2.56. The first kappa shape index (κ1) is 11.7. The lowest BCUT2D eigenvalue weighted by Crippen LogP contribution is -1.93. The molecule has 0 unspecified atom stereocenters. The summed E-state index contributed by atoms with van der Waals surface area (Å²) in [4.78, 5) is 0. The van der Waals surface area contributed by atoms with Crippen LogP contribution in [0, 0.1) is 12.7 Å². The quantitative estimate of drug-likeness (QED) is 0.814. The van der Waals surface area contributed by atoms with Gasteiger partial charge < -0.3 is 10.5 Å². The van der Waals surface area contributed by atoms with Gasteiger partial charge in [-0.25, -0.2) is 4.39 Å². The lowest BCUT2D eigenvalue weighted by molar-refractivity contribution is 0.479. The molecule has 0 aliphatic rings. The molecule has 17 heavy (non-hydrogen) atoms. The van der Waals surface area contributed by atoms with Crippen molar-refractivity contribution in [3.63, 3.8) is 0 Å². The molecular weight excluding hydrogens is 241 g/mol. The Labute approximate surface area is 104 Å². The second-order valence-electron chi connectivity index (χ2n) is 3.69. The van der Waals surface area contributed by atoms with Crippen LogP contribution < -0.4 is 10.5 Å². The summed E-state index contributed by atoms with van der Waals surface area (Å²) in [6.07, 6.45) is 0. The molecule has 0 amide bonds. The molecule has 4 heteroatoms.